The minimum Gasteiger partial charge on any atom is -0.467 e. The molecule has 0 radical (unpaired) electrons. The van der Waals surface area contributed by atoms with Crippen LogP contribution in [0.2, 0.25) is 5.15 Å². The molecule has 0 aliphatic heterocycles. The predicted octanol–water partition coefficient (Wildman–Crippen LogP) is 4.51. The van der Waals surface area contributed by atoms with Gasteiger partial charge in [-0.25, -0.2) is 9.78 Å². The van der Waals surface area contributed by atoms with Gasteiger partial charge in [-0.1, -0.05) is 17.5 Å². The van der Waals surface area contributed by atoms with E-state index in [0.717, 1.165) is 0 Å². The Morgan fingerprint density at radius 2 is 2.12 bits per heavy atom. The number of carbonyl (C=O) groups is 2. The van der Waals surface area contributed by atoms with Crippen LogP contribution in [-0.4, -0.2) is 35.2 Å². The van der Waals surface area contributed by atoms with E-state index in [0.29, 0.717) is 29.3 Å². The average Bonchev–Trinajstić information content (AvgIpc) is 3.36. The molecule has 1 unspecified atom stereocenters. The van der Waals surface area contributed by atoms with Gasteiger partial charge in [0.1, 0.15) is 33.4 Å². The molecule has 0 fully saturated rings. The summed E-state index contributed by atoms with van der Waals surface area (Å²) in [5, 5.41) is 8.76. The van der Waals surface area contributed by atoms with E-state index in [4.69, 9.17) is 31.6 Å². The number of furan rings is 2. The highest BCUT2D eigenvalue weighted by Gasteiger charge is 2.27. The number of rotatable bonds is 8. The van der Waals surface area contributed by atoms with E-state index >= 15 is 0 Å². The van der Waals surface area contributed by atoms with Crippen molar-refractivity contribution in [1.29, 1.82) is 0 Å². The third-order valence-electron chi connectivity index (χ3n) is 4.55. The lowest BCUT2D eigenvalue weighted by molar-refractivity contribution is 0.0507. The molecule has 3 heterocycles. The van der Waals surface area contributed by atoms with Crippen LogP contribution in [0.3, 0.4) is 0 Å². The summed E-state index contributed by atoms with van der Waals surface area (Å²) in [6.07, 6.45) is 6.49. The second-order valence-electron chi connectivity index (χ2n) is 8.64. The molecule has 0 saturated carbocycles. The number of hydrogen-bond donors (Lipinski definition) is 3. The van der Waals surface area contributed by atoms with Gasteiger partial charge in [0.15, 0.2) is 5.58 Å². The van der Waals surface area contributed by atoms with Gasteiger partial charge >= 0.3 is 6.09 Å². The van der Waals surface area contributed by atoms with Crippen LogP contribution in [0.4, 0.5) is 10.5 Å². The molecular formula is C24H27ClN4O5. The van der Waals surface area contributed by atoms with Crippen molar-refractivity contribution in [2.24, 2.45) is 0 Å². The molecule has 0 aliphatic rings. The smallest absolute Gasteiger partial charge is 0.407 e. The first-order valence-corrected chi connectivity index (χ1v) is 11.0. The molecule has 0 bridgehead atoms. The fourth-order valence-electron chi connectivity index (χ4n) is 3.24. The molecule has 0 spiro atoms. The number of aromatic nitrogens is 1. The van der Waals surface area contributed by atoms with Crippen LogP contribution >= 0.6 is 11.6 Å². The molecule has 0 saturated heterocycles. The van der Waals surface area contributed by atoms with Crippen LogP contribution in [0, 0.1) is 12.3 Å². The van der Waals surface area contributed by atoms with Gasteiger partial charge in [-0.3, -0.25) is 4.79 Å². The lowest BCUT2D eigenvalue weighted by Crippen LogP contribution is -2.38. The Kier molecular flexibility index (Phi) is 7.74. The normalized spacial score (nSPS) is 12.1. The van der Waals surface area contributed by atoms with E-state index in [1.165, 1.54) is 0 Å². The molecule has 9 nitrogen and oxygen atoms in total. The van der Waals surface area contributed by atoms with E-state index < -0.39 is 23.6 Å². The molecule has 2 amide bonds. The number of ether oxygens (including phenoxy) is 1. The van der Waals surface area contributed by atoms with Crippen LogP contribution < -0.4 is 16.0 Å². The number of amides is 2. The Bertz CT molecular complexity index is 1200. The molecule has 180 valence electrons. The summed E-state index contributed by atoms with van der Waals surface area (Å²) in [5.41, 5.74) is 0.728. The van der Waals surface area contributed by atoms with E-state index in [1.807, 2.05) is 6.07 Å². The lowest BCUT2D eigenvalue weighted by Gasteiger charge is -2.21. The number of halogens is 1. The molecule has 3 aromatic rings. The molecule has 10 heteroatoms. The summed E-state index contributed by atoms with van der Waals surface area (Å²) in [6, 6.07) is 4.79. The summed E-state index contributed by atoms with van der Waals surface area (Å²) in [7, 11) is 0. The molecule has 0 aromatic carbocycles. The van der Waals surface area contributed by atoms with Gasteiger partial charge in [-0.2, -0.15) is 0 Å². The molecular weight excluding hydrogens is 460 g/mol. The first-order chi connectivity index (χ1) is 16.1. The van der Waals surface area contributed by atoms with Crippen LogP contribution in [0.15, 0.2) is 33.3 Å². The molecule has 3 rings (SSSR count). The van der Waals surface area contributed by atoms with Crippen LogP contribution in [0.1, 0.15) is 49.6 Å². The van der Waals surface area contributed by atoms with Gasteiger partial charge in [-0.05, 0) is 39.8 Å². The summed E-state index contributed by atoms with van der Waals surface area (Å²) >= 11 is 6.26. The zero-order valence-corrected chi connectivity index (χ0v) is 20.2. The lowest BCUT2D eigenvalue weighted by atomic mass is 10.1. The Morgan fingerprint density at radius 1 is 1.35 bits per heavy atom. The van der Waals surface area contributed by atoms with Crippen molar-refractivity contribution < 1.29 is 23.2 Å². The fourth-order valence-corrected chi connectivity index (χ4v) is 3.44. The summed E-state index contributed by atoms with van der Waals surface area (Å²) in [4.78, 5) is 29.5. The van der Waals surface area contributed by atoms with E-state index in [2.05, 4.69) is 26.9 Å². The number of fused-ring (bicyclic) bond motifs is 1. The second kappa shape index (κ2) is 10.5. The van der Waals surface area contributed by atoms with Gasteiger partial charge < -0.3 is 29.5 Å². The third kappa shape index (κ3) is 6.45. The number of hydrogen-bond acceptors (Lipinski definition) is 7. The van der Waals surface area contributed by atoms with E-state index in [-0.39, 0.29) is 29.2 Å². The van der Waals surface area contributed by atoms with Crippen molar-refractivity contribution in [2.75, 3.05) is 11.9 Å². The fraction of sp³-hybridized carbons (Fsp3) is 0.375. The van der Waals surface area contributed by atoms with Gasteiger partial charge in [0.05, 0.1) is 25.0 Å². The van der Waals surface area contributed by atoms with Crippen molar-refractivity contribution in [1.82, 2.24) is 15.6 Å². The number of pyridine rings is 1. The van der Waals surface area contributed by atoms with E-state index in [9.17, 15) is 9.59 Å². The summed E-state index contributed by atoms with van der Waals surface area (Å²) in [6.45, 7) is 7.50. The Hall–Kier alpha value is -3.64. The van der Waals surface area contributed by atoms with Crippen molar-refractivity contribution >= 4 is 40.4 Å². The Labute approximate surface area is 202 Å². The number of alkyl carbamates (subject to hydrolysis) is 1. The minimum absolute atomic E-state index is 0.0286. The van der Waals surface area contributed by atoms with Gasteiger partial charge in [0, 0.05) is 18.5 Å². The van der Waals surface area contributed by atoms with Crippen molar-refractivity contribution in [3.63, 3.8) is 0 Å². The standard InChI is InChI=1S/C24H27ClN4O5/c1-6-9-26-22(30)19-17(11-14(2)28-23(31)34-24(3,4)5)33-21-16(12-18(25)29-20(19)21)27-13-15-8-7-10-32-15/h1,7-8,10,12,14H,9,11,13H2,2-5H3,(H,26,30)(H,27,29)(H,28,31). The first-order valence-electron chi connectivity index (χ1n) is 10.7. The average molecular weight is 487 g/mol. The number of carbonyl (C=O) groups excluding carboxylic acids is 2. The highest BCUT2D eigenvalue weighted by atomic mass is 35.5. The number of nitrogens with zero attached hydrogens (tertiary/aromatic N) is 1. The highest BCUT2D eigenvalue weighted by molar-refractivity contribution is 6.30. The monoisotopic (exact) mass is 486 g/mol. The maximum atomic E-state index is 13.0. The molecule has 3 aromatic heterocycles. The van der Waals surface area contributed by atoms with Gasteiger partial charge in [0.2, 0.25) is 0 Å². The Morgan fingerprint density at radius 3 is 2.76 bits per heavy atom. The zero-order valence-electron chi connectivity index (χ0n) is 19.5. The van der Waals surface area contributed by atoms with Crippen molar-refractivity contribution in [2.45, 2.75) is 52.3 Å². The Balaban J connectivity index is 1.94. The largest absolute Gasteiger partial charge is 0.467 e. The second-order valence-corrected chi connectivity index (χ2v) is 9.03. The topological polar surface area (TPSA) is 119 Å². The quantitative estimate of drug-likeness (QED) is 0.316. The third-order valence-corrected chi connectivity index (χ3v) is 4.74. The zero-order chi connectivity index (χ0) is 24.9. The van der Waals surface area contributed by atoms with E-state index in [1.54, 1.807) is 46.1 Å². The van der Waals surface area contributed by atoms with Crippen molar-refractivity contribution in [3.05, 3.63) is 46.7 Å². The van der Waals surface area contributed by atoms with Crippen LogP contribution in [0.25, 0.3) is 11.1 Å². The maximum absolute atomic E-state index is 13.0. The predicted molar refractivity (Wildman–Crippen MR) is 129 cm³/mol. The summed E-state index contributed by atoms with van der Waals surface area (Å²) < 4.78 is 16.8. The van der Waals surface area contributed by atoms with Gasteiger partial charge in [0.25, 0.3) is 5.91 Å². The molecule has 0 aliphatic carbocycles. The maximum Gasteiger partial charge on any atom is 0.407 e. The molecule has 3 N–H and O–H groups in total. The molecule has 1 atom stereocenters. The van der Waals surface area contributed by atoms with Crippen LogP contribution in [0.5, 0.6) is 0 Å². The molecule has 34 heavy (non-hydrogen) atoms. The minimum atomic E-state index is -0.640. The van der Waals surface area contributed by atoms with Crippen LogP contribution in [-0.2, 0) is 17.7 Å². The van der Waals surface area contributed by atoms with Crippen molar-refractivity contribution in [3.8, 4) is 12.3 Å². The first kappa shape index (κ1) is 25.0. The SMILES string of the molecule is C#CCNC(=O)c1c(CC(C)NC(=O)OC(C)(C)C)oc2c(NCc3ccco3)cc(Cl)nc12. The number of anilines is 1. The number of terminal acetylenes is 1. The van der Waals surface area contributed by atoms with Gasteiger partial charge in [-0.15, -0.1) is 6.42 Å². The highest BCUT2D eigenvalue weighted by Crippen LogP contribution is 2.33. The summed E-state index contributed by atoms with van der Waals surface area (Å²) in [5.74, 6) is 2.94. The number of nitrogens with one attached hydrogen (secondary N) is 3.